The Morgan fingerprint density at radius 3 is 2.28 bits per heavy atom. The Bertz CT molecular complexity index is 1240. The molecule has 3 rings (SSSR count). The zero-order valence-corrected chi connectivity index (χ0v) is 18.0. The fourth-order valence-electron chi connectivity index (χ4n) is 2.93. The molecule has 0 bridgehead atoms. The molecule has 0 saturated carbocycles. The van der Waals surface area contributed by atoms with Crippen molar-refractivity contribution in [1.82, 2.24) is 4.57 Å². The van der Waals surface area contributed by atoms with E-state index in [0.717, 1.165) is 22.8 Å². The van der Waals surface area contributed by atoms with Gasteiger partial charge >= 0.3 is 6.09 Å². The van der Waals surface area contributed by atoms with Gasteiger partial charge in [-0.25, -0.2) is 22.4 Å². The summed E-state index contributed by atoms with van der Waals surface area (Å²) in [6.07, 6.45) is -1.11. The number of benzene rings is 2. The SMILES string of the molecule is Cc1cc(OCc2ccc(F)cc2F)c(Br)c(=O)n1-c1c(F)cc(COC(N)=O)cc1F. The summed E-state index contributed by atoms with van der Waals surface area (Å²) in [5.74, 6) is -3.72. The Balaban J connectivity index is 1.95. The number of nitrogens with two attached hydrogens (primary N) is 1. The Kier molecular flexibility index (Phi) is 6.87. The molecule has 1 aromatic heterocycles. The third kappa shape index (κ3) is 4.93. The lowest BCUT2D eigenvalue weighted by atomic mass is 10.1. The smallest absolute Gasteiger partial charge is 0.404 e. The summed E-state index contributed by atoms with van der Waals surface area (Å²) in [7, 11) is 0. The van der Waals surface area contributed by atoms with Gasteiger partial charge in [0.15, 0.2) is 11.6 Å². The molecule has 2 N–H and O–H groups in total. The van der Waals surface area contributed by atoms with Gasteiger partial charge in [0.05, 0.1) is 0 Å². The van der Waals surface area contributed by atoms with E-state index in [1.54, 1.807) is 0 Å². The molecule has 11 heteroatoms. The summed E-state index contributed by atoms with van der Waals surface area (Å²) in [4.78, 5) is 23.5. The molecular weight excluding hydrogens is 500 g/mol. The van der Waals surface area contributed by atoms with Gasteiger partial charge in [0, 0.05) is 23.4 Å². The van der Waals surface area contributed by atoms with E-state index in [2.05, 4.69) is 20.7 Å². The quantitative estimate of drug-likeness (QED) is 0.485. The predicted octanol–water partition coefficient (Wildman–Crippen LogP) is 4.64. The highest BCUT2D eigenvalue weighted by atomic mass is 79.9. The number of aromatic nitrogens is 1. The van der Waals surface area contributed by atoms with Crippen molar-refractivity contribution in [1.29, 1.82) is 0 Å². The fraction of sp³-hybridized carbons (Fsp3) is 0.143. The molecule has 1 amide bonds. The number of ether oxygens (including phenoxy) is 2. The molecular formula is C21H15BrF4N2O4. The number of nitrogens with zero attached hydrogens (tertiary/aromatic N) is 1. The lowest BCUT2D eigenvalue weighted by Gasteiger charge is -2.16. The van der Waals surface area contributed by atoms with Crippen molar-refractivity contribution in [2.75, 3.05) is 0 Å². The first-order chi connectivity index (χ1) is 15.1. The van der Waals surface area contributed by atoms with Crippen molar-refractivity contribution >= 4 is 22.0 Å². The van der Waals surface area contributed by atoms with Crippen LogP contribution in [0.4, 0.5) is 22.4 Å². The number of carbonyl (C=O) groups is 1. The van der Waals surface area contributed by atoms with Crippen LogP contribution < -0.4 is 16.0 Å². The van der Waals surface area contributed by atoms with Crippen LogP contribution in [0.25, 0.3) is 5.69 Å². The van der Waals surface area contributed by atoms with Gasteiger partial charge in [0.2, 0.25) is 0 Å². The van der Waals surface area contributed by atoms with Gasteiger partial charge in [-0.15, -0.1) is 0 Å². The maximum Gasteiger partial charge on any atom is 0.404 e. The number of hydrogen-bond donors (Lipinski definition) is 1. The van der Waals surface area contributed by atoms with Crippen LogP contribution in [0.15, 0.2) is 45.7 Å². The van der Waals surface area contributed by atoms with Gasteiger partial charge < -0.3 is 15.2 Å². The molecule has 0 fully saturated rings. The summed E-state index contributed by atoms with van der Waals surface area (Å²) in [6, 6.07) is 6.09. The summed E-state index contributed by atoms with van der Waals surface area (Å²) in [6.45, 7) is 0.654. The second kappa shape index (κ2) is 9.43. The van der Waals surface area contributed by atoms with Crippen molar-refractivity contribution in [3.63, 3.8) is 0 Å². The number of halogens is 5. The van der Waals surface area contributed by atoms with Crippen LogP contribution in [0.3, 0.4) is 0 Å². The summed E-state index contributed by atoms with van der Waals surface area (Å²) >= 11 is 3.04. The minimum Gasteiger partial charge on any atom is -0.487 e. The number of pyridine rings is 1. The Morgan fingerprint density at radius 1 is 1.03 bits per heavy atom. The first-order valence-corrected chi connectivity index (χ1v) is 9.77. The topological polar surface area (TPSA) is 83.6 Å². The van der Waals surface area contributed by atoms with Crippen LogP contribution in [0, 0.1) is 30.2 Å². The molecule has 1 heterocycles. The second-order valence-corrected chi connectivity index (χ2v) is 7.44. The van der Waals surface area contributed by atoms with Gasteiger partial charge in [-0.1, -0.05) is 0 Å². The Morgan fingerprint density at radius 2 is 1.69 bits per heavy atom. The van der Waals surface area contributed by atoms with Crippen molar-refractivity contribution in [2.24, 2.45) is 5.73 Å². The summed E-state index contributed by atoms with van der Waals surface area (Å²) in [5, 5.41) is 0. The number of primary amides is 1. The normalized spacial score (nSPS) is 10.8. The van der Waals surface area contributed by atoms with Gasteiger partial charge in [-0.3, -0.25) is 9.36 Å². The van der Waals surface area contributed by atoms with E-state index in [1.165, 1.54) is 19.1 Å². The van der Waals surface area contributed by atoms with E-state index in [0.29, 0.717) is 6.07 Å². The Hall–Kier alpha value is -3.34. The van der Waals surface area contributed by atoms with E-state index >= 15 is 0 Å². The molecule has 0 saturated heterocycles. The first kappa shape index (κ1) is 23.3. The van der Waals surface area contributed by atoms with E-state index < -0.39 is 47.2 Å². The molecule has 0 radical (unpaired) electrons. The van der Waals surface area contributed by atoms with Gasteiger partial charge in [0.25, 0.3) is 5.56 Å². The van der Waals surface area contributed by atoms with E-state index in [9.17, 15) is 27.2 Å². The van der Waals surface area contributed by atoms with Crippen LogP contribution >= 0.6 is 15.9 Å². The summed E-state index contributed by atoms with van der Waals surface area (Å²) < 4.78 is 66.8. The molecule has 0 atom stereocenters. The van der Waals surface area contributed by atoms with Gasteiger partial charge in [0.1, 0.15) is 40.8 Å². The summed E-state index contributed by atoms with van der Waals surface area (Å²) in [5.41, 5.74) is 3.51. The van der Waals surface area contributed by atoms with Crippen molar-refractivity contribution in [3.05, 3.63) is 91.3 Å². The zero-order chi connectivity index (χ0) is 23.6. The van der Waals surface area contributed by atoms with Crippen LogP contribution in [-0.4, -0.2) is 10.7 Å². The molecule has 3 aromatic rings. The van der Waals surface area contributed by atoms with Gasteiger partial charge in [-0.2, -0.15) is 0 Å². The van der Waals surface area contributed by atoms with Crippen molar-refractivity contribution in [3.8, 4) is 11.4 Å². The zero-order valence-electron chi connectivity index (χ0n) is 16.4. The fourth-order valence-corrected chi connectivity index (χ4v) is 3.33. The molecule has 2 aromatic carbocycles. The average Bonchev–Trinajstić information content (AvgIpc) is 2.71. The third-order valence-corrected chi connectivity index (χ3v) is 5.11. The maximum absolute atomic E-state index is 14.7. The average molecular weight is 515 g/mol. The second-order valence-electron chi connectivity index (χ2n) is 6.64. The number of hydrogen-bond acceptors (Lipinski definition) is 4. The minimum absolute atomic E-state index is 0.000213. The molecule has 0 aliphatic rings. The Labute approximate surface area is 187 Å². The standard InChI is InChI=1S/C21H15BrF4N2O4/c1-10-4-17(31-9-12-2-3-13(23)7-14(12)24)18(22)20(29)28(10)19-15(25)5-11(6-16(19)26)8-32-21(27)30/h2-7H,8-9H2,1H3,(H2,27,30). The lowest BCUT2D eigenvalue weighted by molar-refractivity contribution is 0.150. The first-order valence-electron chi connectivity index (χ1n) is 8.98. The van der Waals surface area contributed by atoms with Crippen LogP contribution in [0.5, 0.6) is 5.75 Å². The van der Waals surface area contributed by atoms with Crippen LogP contribution in [-0.2, 0) is 18.0 Å². The maximum atomic E-state index is 14.7. The van der Waals surface area contributed by atoms with Crippen LogP contribution in [0.2, 0.25) is 0 Å². The molecule has 0 spiro atoms. The van der Waals surface area contributed by atoms with Crippen molar-refractivity contribution in [2.45, 2.75) is 20.1 Å². The molecule has 0 aliphatic heterocycles. The molecule has 6 nitrogen and oxygen atoms in total. The highest BCUT2D eigenvalue weighted by Gasteiger charge is 2.20. The monoisotopic (exact) mass is 514 g/mol. The minimum atomic E-state index is -1.11. The van der Waals surface area contributed by atoms with E-state index in [-0.39, 0.29) is 33.6 Å². The highest BCUT2D eigenvalue weighted by Crippen LogP contribution is 2.27. The number of amides is 1. The van der Waals surface area contributed by atoms with Gasteiger partial charge in [-0.05, 0) is 52.7 Å². The molecule has 168 valence electrons. The van der Waals surface area contributed by atoms with E-state index in [1.807, 2.05) is 0 Å². The van der Waals surface area contributed by atoms with Crippen LogP contribution in [0.1, 0.15) is 16.8 Å². The third-order valence-electron chi connectivity index (χ3n) is 4.38. The molecule has 32 heavy (non-hydrogen) atoms. The van der Waals surface area contributed by atoms with E-state index in [4.69, 9.17) is 10.5 Å². The number of rotatable bonds is 6. The number of aryl methyl sites for hydroxylation is 1. The predicted molar refractivity (Wildman–Crippen MR) is 109 cm³/mol. The lowest BCUT2D eigenvalue weighted by Crippen LogP contribution is -2.24. The molecule has 0 unspecified atom stereocenters. The highest BCUT2D eigenvalue weighted by molar-refractivity contribution is 9.10. The largest absolute Gasteiger partial charge is 0.487 e. The molecule has 0 aliphatic carbocycles. The number of carbonyl (C=O) groups excluding carboxylic acids is 1. The van der Waals surface area contributed by atoms with Crippen molar-refractivity contribution < 1.29 is 31.8 Å².